The molecule has 0 aliphatic carbocycles. The number of rotatable bonds is 6. The summed E-state index contributed by atoms with van der Waals surface area (Å²) in [6.07, 6.45) is 15.3. The van der Waals surface area contributed by atoms with E-state index in [-0.39, 0.29) is 0 Å². The van der Waals surface area contributed by atoms with Crippen LogP contribution in [0.5, 0.6) is 0 Å². The Kier molecular flexibility index (Phi) is 4.53. The molecule has 2 atom stereocenters. The lowest BCUT2D eigenvalue weighted by atomic mass is 9.97. The first-order chi connectivity index (χ1) is 8.85. The molecule has 3 heteroatoms. The Bertz CT molecular complexity index is 405. The lowest BCUT2D eigenvalue weighted by Gasteiger charge is -2.38. The van der Waals surface area contributed by atoms with E-state index in [4.69, 9.17) is 0 Å². The van der Waals surface area contributed by atoms with Crippen molar-refractivity contribution in [2.75, 3.05) is 0 Å². The Morgan fingerprint density at radius 3 is 2.89 bits per heavy atom. The van der Waals surface area contributed by atoms with Gasteiger partial charge in [-0.15, -0.1) is 13.2 Å². The fraction of sp³-hybridized carbons (Fsp3) is 0.400. The minimum atomic E-state index is 0.422. The van der Waals surface area contributed by atoms with Gasteiger partial charge in [0.25, 0.3) is 0 Å². The first-order valence-electron chi connectivity index (χ1n) is 6.47. The van der Waals surface area contributed by atoms with Gasteiger partial charge < -0.3 is 4.98 Å². The molecule has 0 radical (unpaired) electrons. The van der Waals surface area contributed by atoms with E-state index in [1.165, 1.54) is 0 Å². The van der Waals surface area contributed by atoms with Crippen molar-refractivity contribution in [2.24, 2.45) is 0 Å². The van der Waals surface area contributed by atoms with Crippen molar-refractivity contribution in [3.63, 3.8) is 0 Å². The number of imidazole rings is 1. The standard InChI is InChI=1S/C15H21N3/c1-3-6-13-8-5-9-14(7-4-2)18(13)12-15-16-10-11-17-15/h3-5,8,10-11,13-14H,1-2,6-7,9,12H2,(H,16,17)/t13-,14-/m1/s1. The van der Waals surface area contributed by atoms with Gasteiger partial charge in [-0.1, -0.05) is 24.3 Å². The van der Waals surface area contributed by atoms with E-state index in [1.54, 1.807) is 6.20 Å². The Morgan fingerprint density at radius 2 is 2.22 bits per heavy atom. The van der Waals surface area contributed by atoms with Crippen molar-refractivity contribution >= 4 is 0 Å². The molecule has 0 saturated heterocycles. The van der Waals surface area contributed by atoms with Crippen molar-refractivity contribution in [1.82, 2.24) is 14.9 Å². The lowest BCUT2D eigenvalue weighted by molar-refractivity contribution is 0.138. The molecule has 1 aromatic rings. The Balaban J connectivity index is 2.13. The molecule has 96 valence electrons. The molecule has 1 aliphatic rings. The molecule has 0 fully saturated rings. The molecule has 0 bridgehead atoms. The van der Waals surface area contributed by atoms with Crippen molar-refractivity contribution in [1.29, 1.82) is 0 Å². The predicted molar refractivity (Wildman–Crippen MR) is 75.1 cm³/mol. The van der Waals surface area contributed by atoms with Crippen molar-refractivity contribution in [3.8, 4) is 0 Å². The molecule has 0 amide bonds. The highest BCUT2D eigenvalue weighted by molar-refractivity contribution is 5.07. The molecule has 3 nitrogen and oxygen atoms in total. The van der Waals surface area contributed by atoms with E-state index < -0.39 is 0 Å². The van der Waals surface area contributed by atoms with Gasteiger partial charge >= 0.3 is 0 Å². The van der Waals surface area contributed by atoms with E-state index in [0.717, 1.165) is 31.6 Å². The zero-order valence-corrected chi connectivity index (χ0v) is 10.8. The number of nitrogens with one attached hydrogen (secondary N) is 1. The molecule has 1 aromatic heterocycles. The maximum Gasteiger partial charge on any atom is 0.120 e. The average molecular weight is 243 g/mol. The third kappa shape index (κ3) is 2.99. The predicted octanol–water partition coefficient (Wildman–Crippen LogP) is 3.06. The minimum absolute atomic E-state index is 0.422. The fourth-order valence-electron chi connectivity index (χ4n) is 2.52. The van der Waals surface area contributed by atoms with Gasteiger partial charge in [-0.25, -0.2) is 4.98 Å². The van der Waals surface area contributed by atoms with E-state index in [2.05, 4.69) is 40.2 Å². The van der Waals surface area contributed by atoms with Crippen LogP contribution in [-0.4, -0.2) is 27.0 Å². The minimum Gasteiger partial charge on any atom is -0.348 e. The average Bonchev–Trinajstić information content (AvgIpc) is 2.87. The van der Waals surface area contributed by atoms with E-state index >= 15 is 0 Å². The zero-order chi connectivity index (χ0) is 12.8. The molecule has 2 rings (SSSR count). The Hall–Kier alpha value is -1.61. The number of hydrogen-bond acceptors (Lipinski definition) is 2. The zero-order valence-electron chi connectivity index (χ0n) is 10.8. The van der Waals surface area contributed by atoms with Gasteiger partial charge in [-0.2, -0.15) is 0 Å². The second-order valence-corrected chi connectivity index (χ2v) is 4.64. The summed E-state index contributed by atoms with van der Waals surface area (Å²) in [6, 6.07) is 0.939. The second-order valence-electron chi connectivity index (χ2n) is 4.64. The third-order valence-corrected chi connectivity index (χ3v) is 3.40. The van der Waals surface area contributed by atoms with Gasteiger partial charge in [0.05, 0.1) is 6.54 Å². The SMILES string of the molecule is C=CC[C@@H]1CC=C[C@@H](CC=C)N1Cc1ncc[nH]1. The van der Waals surface area contributed by atoms with Crippen LogP contribution in [-0.2, 0) is 6.54 Å². The molecule has 0 saturated carbocycles. The summed E-state index contributed by atoms with van der Waals surface area (Å²) in [7, 11) is 0. The van der Waals surface area contributed by atoms with Crippen LogP contribution in [0, 0.1) is 0 Å². The van der Waals surface area contributed by atoms with Crippen LogP contribution >= 0.6 is 0 Å². The van der Waals surface area contributed by atoms with Gasteiger partial charge in [-0.05, 0) is 19.3 Å². The van der Waals surface area contributed by atoms with E-state index in [9.17, 15) is 0 Å². The largest absolute Gasteiger partial charge is 0.348 e. The third-order valence-electron chi connectivity index (χ3n) is 3.40. The van der Waals surface area contributed by atoms with E-state index in [0.29, 0.717) is 12.1 Å². The lowest BCUT2D eigenvalue weighted by Crippen LogP contribution is -2.43. The summed E-state index contributed by atoms with van der Waals surface area (Å²) < 4.78 is 0. The van der Waals surface area contributed by atoms with Gasteiger partial charge in [0.1, 0.15) is 5.82 Å². The van der Waals surface area contributed by atoms with Gasteiger partial charge in [0.15, 0.2) is 0 Å². The van der Waals surface area contributed by atoms with Crippen LogP contribution < -0.4 is 0 Å². The van der Waals surface area contributed by atoms with Gasteiger partial charge in [-0.3, -0.25) is 4.90 Å². The van der Waals surface area contributed by atoms with Crippen LogP contribution in [0.1, 0.15) is 25.1 Å². The highest BCUT2D eigenvalue weighted by Gasteiger charge is 2.26. The van der Waals surface area contributed by atoms with Crippen molar-refractivity contribution in [3.05, 3.63) is 55.7 Å². The van der Waals surface area contributed by atoms with Crippen LogP contribution in [0.4, 0.5) is 0 Å². The molecule has 0 aromatic carbocycles. The summed E-state index contributed by atoms with van der Waals surface area (Å²) in [5.74, 6) is 1.02. The quantitative estimate of drug-likeness (QED) is 0.779. The fourth-order valence-corrected chi connectivity index (χ4v) is 2.52. The van der Waals surface area contributed by atoms with Gasteiger partial charge in [0.2, 0.25) is 0 Å². The van der Waals surface area contributed by atoms with Crippen LogP contribution in [0.3, 0.4) is 0 Å². The summed E-state index contributed by atoms with van der Waals surface area (Å²) in [5.41, 5.74) is 0. The number of aromatic amines is 1. The summed E-state index contributed by atoms with van der Waals surface area (Å²) in [4.78, 5) is 10.00. The highest BCUT2D eigenvalue weighted by Crippen LogP contribution is 2.24. The summed E-state index contributed by atoms with van der Waals surface area (Å²) >= 11 is 0. The Morgan fingerprint density at radius 1 is 1.39 bits per heavy atom. The smallest absolute Gasteiger partial charge is 0.120 e. The molecule has 1 aliphatic heterocycles. The summed E-state index contributed by atoms with van der Waals surface area (Å²) in [6.45, 7) is 8.57. The van der Waals surface area contributed by atoms with Crippen LogP contribution in [0.15, 0.2) is 49.9 Å². The number of aromatic nitrogens is 2. The monoisotopic (exact) mass is 243 g/mol. The van der Waals surface area contributed by atoms with Crippen molar-refractivity contribution in [2.45, 2.75) is 37.9 Å². The first kappa shape index (κ1) is 12.8. The second kappa shape index (κ2) is 6.36. The number of hydrogen-bond donors (Lipinski definition) is 1. The Labute approximate surface area is 109 Å². The van der Waals surface area contributed by atoms with Crippen LogP contribution in [0.2, 0.25) is 0 Å². The van der Waals surface area contributed by atoms with Gasteiger partial charge in [0, 0.05) is 24.5 Å². The molecule has 2 heterocycles. The first-order valence-corrected chi connectivity index (χ1v) is 6.47. The number of H-pyrrole nitrogens is 1. The normalized spacial score (nSPS) is 24.0. The van der Waals surface area contributed by atoms with E-state index in [1.807, 2.05) is 18.3 Å². The molecular formula is C15H21N3. The molecule has 0 unspecified atom stereocenters. The molecular weight excluding hydrogens is 222 g/mol. The molecule has 0 spiro atoms. The topological polar surface area (TPSA) is 31.9 Å². The van der Waals surface area contributed by atoms with Crippen LogP contribution in [0.25, 0.3) is 0 Å². The maximum atomic E-state index is 4.33. The number of nitrogens with zero attached hydrogens (tertiary/aromatic N) is 2. The summed E-state index contributed by atoms with van der Waals surface area (Å²) in [5, 5.41) is 0. The van der Waals surface area contributed by atoms with Crippen molar-refractivity contribution < 1.29 is 0 Å². The maximum absolute atomic E-state index is 4.33. The molecule has 1 N–H and O–H groups in total. The highest BCUT2D eigenvalue weighted by atomic mass is 15.2. The molecule has 18 heavy (non-hydrogen) atoms.